The van der Waals surface area contributed by atoms with Gasteiger partial charge in [-0.25, -0.2) is 9.59 Å². The van der Waals surface area contributed by atoms with Gasteiger partial charge in [-0.3, -0.25) is 0 Å². The van der Waals surface area contributed by atoms with Gasteiger partial charge in [0, 0.05) is 0 Å². The Morgan fingerprint density at radius 2 is 1.13 bits per heavy atom. The van der Waals surface area contributed by atoms with Crippen LogP contribution in [0.5, 0.6) is 0 Å². The molecule has 0 atom stereocenters. The van der Waals surface area contributed by atoms with Gasteiger partial charge < -0.3 is 18.5 Å². The van der Waals surface area contributed by atoms with Gasteiger partial charge in [-0.05, 0) is 37.8 Å². The molecule has 2 heterocycles. The van der Waals surface area contributed by atoms with E-state index in [0.717, 1.165) is 11.1 Å². The minimum atomic E-state index is -0.459. The molecule has 0 unspecified atom stereocenters. The number of nitrogens with zero attached hydrogens (tertiary/aromatic N) is 2. The Morgan fingerprint density at radius 3 is 1.47 bits per heavy atom. The molecule has 0 aliphatic heterocycles. The molecule has 0 N–H and O–H groups in total. The number of hydrogen-bond acceptors (Lipinski definition) is 8. The van der Waals surface area contributed by atoms with Gasteiger partial charge in [-0.2, -0.15) is 0 Å². The lowest BCUT2D eigenvalue weighted by atomic mass is 10.1. The van der Waals surface area contributed by atoms with Crippen molar-refractivity contribution < 1.29 is 28.1 Å². The summed E-state index contributed by atoms with van der Waals surface area (Å²) in [6, 6.07) is 7.28. The summed E-state index contributed by atoms with van der Waals surface area (Å²) in [6.45, 7) is 7.39. The molecule has 0 aliphatic rings. The minimum Gasteiger partial charge on any atom is -0.457 e. The van der Waals surface area contributed by atoms with E-state index in [0.29, 0.717) is 46.9 Å². The van der Waals surface area contributed by atoms with Crippen LogP contribution in [-0.4, -0.2) is 22.3 Å². The molecule has 0 spiro atoms. The molecule has 1 aromatic carbocycles. The second-order valence-corrected chi connectivity index (χ2v) is 6.80. The highest BCUT2D eigenvalue weighted by molar-refractivity contribution is 5.92. The molecule has 0 bridgehead atoms. The Labute approximate surface area is 174 Å². The zero-order valence-electron chi connectivity index (χ0n) is 17.5. The number of carbonyl (C=O) groups is 2. The zero-order valence-corrected chi connectivity index (χ0v) is 17.5. The number of hydrogen-bond donors (Lipinski definition) is 0. The van der Waals surface area contributed by atoms with Gasteiger partial charge in [0.2, 0.25) is 0 Å². The lowest BCUT2D eigenvalue weighted by Crippen LogP contribution is -2.09. The SMILES string of the molecule is CCc1noc(C)c1C(=O)OCc1ccc(COC(=O)c2c(CC)noc2C)cc1. The summed E-state index contributed by atoms with van der Waals surface area (Å²) in [5, 5.41) is 7.73. The highest BCUT2D eigenvalue weighted by Gasteiger charge is 2.21. The lowest BCUT2D eigenvalue weighted by molar-refractivity contribution is 0.0456. The van der Waals surface area contributed by atoms with Crippen LogP contribution in [0.2, 0.25) is 0 Å². The maximum Gasteiger partial charge on any atom is 0.344 e. The molecule has 158 valence electrons. The molecule has 8 heteroatoms. The van der Waals surface area contributed by atoms with Crippen LogP contribution in [0.1, 0.15) is 68.6 Å². The molecule has 2 aromatic heterocycles. The number of benzene rings is 1. The van der Waals surface area contributed by atoms with Crippen LogP contribution >= 0.6 is 0 Å². The van der Waals surface area contributed by atoms with Gasteiger partial charge in [0.05, 0.1) is 11.4 Å². The summed E-state index contributed by atoms with van der Waals surface area (Å²) in [5.74, 6) is -0.0227. The number of esters is 2. The monoisotopic (exact) mass is 412 g/mol. The van der Waals surface area contributed by atoms with Crippen molar-refractivity contribution in [1.82, 2.24) is 10.3 Å². The Hall–Kier alpha value is -3.42. The summed E-state index contributed by atoms with van der Waals surface area (Å²) in [6.07, 6.45) is 1.17. The van der Waals surface area contributed by atoms with Gasteiger partial charge in [0.25, 0.3) is 0 Å². The summed E-state index contributed by atoms with van der Waals surface area (Å²) >= 11 is 0. The molecule has 0 saturated carbocycles. The maximum atomic E-state index is 12.3. The Balaban J connectivity index is 1.55. The zero-order chi connectivity index (χ0) is 21.7. The topological polar surface area (TPSA) is 105 Å². The minimum absolute atomic E-state index is 0.117. The van der Waals surface area contributed by atoms with E-state index in [1.54, 1.807) is 13.8 Å². The van der Waals surface area contributed by atoms with Gasteiger partial charge in [0.1, 0.15) is 35.9 Å². The van der Waals surface area contributed by atoms with Crippen LogP contribution in [0, 0.1) is 13.8 Å². The van der Waals surface area contributed by atoms with Gasteiger partial charge >= 0.3 is 11.9 Å². The third kappa shape index (κ3) is 4.59. The molecular weight excluding hydrogens is 388 g/mol. The summed E-state index contributed by atoms with van der Waals surface area (Å²) in [7, 11) is 0. The predicted molar refractivity (Wildman–Crippen MR) is 106 cm³/mol. The van der Waals surface area contributed by atoms with E-state index in [1.807, 2.05) is 38.1 Å². The van der Waals surface area contributed by atoms with Crippen molar-refractivity contribution in [3.8, 4) is 0 Å². The molecule has 0 amide bonds. The third-order valence-electron chi connectivity index (χ3n) is 4.71. The maximum absolute atomic E-state index is 12.3. The first-order valence-electron chi connectivity index (χ1n) is 9.76. The molecule has 0 aliphatic carbocycles. The Morgan fingerprint density at radius 1 is 0.767 bits per heavy atom. The first-order chi connectivity index (χ1) is 14.4. The van der Waals surface area contributed by atoms with E-state index in [2.05, 4.69) is 10.3 Å². The Kier molecular flexibility index (Phi) is 6.66. The fourth-order valence-electron chi connectivity index (χ4n) is 3.02. The smallest absolute Gasteiger partial charge is 0.344 e. The van der Waals surface area contributed by atoms with E-state index in [1.165, 1.54) is 0 Å². The number of carbonyl (C=O) groups excluding carboxylic acids is 2. The van der Waals surface area contributed by atoms with Crippen LogP contribution in [0.25, 0.3) is 0 Å². The first kappa shape index (κ1) is 21.3. The summed E-state index contributed by atoms with van der Waals surface area (Å²) in [4.78, 5) is 24.6. The molecule has 30 heavy (non-hydrogen) atoms. The largest absolute Gasteiger partial charge is 0.457 e. The van der Waals surface area contributed by atoms with Crippen molar-refractivity contribution in [3.05, 3.63) is 69.4 Å². The van der Waals surface area contributed by atoms with Crippen molar-refractivity contribution >= 4 is 11.9 Å². The fraction of sp³-hybridized carbons (Fsp3) is 0.364. The van der Waals surface area contributed by atoms with Gasteiger partial charge in [0.15, 0.2) is 0 Å². The van der Waals surface area contributed by atoms with E-state index in [9.17, 15) is 9.59 Å². The number of aromatic nitrogens is 2. The van der Waals surface area contributed by atoms with E-state index in [-0.39, 0.29) is 13.2 Å². The molecular formula is C22H24N2O6. The van der Waals surface area contributed by atoms with Crippen molar-refractivity contribution in [3.63, 3.8) is 0 Å². The highest BCUT2D eigenvalue weighted by atomic mass is 16.5. The van der Waals surface area contributed by atoms with Crippen LogP contribution in [0.15, 0.2) is 33.3 Å². The quantitative estimate of drug-likeness (QED) is 0.509. The lowest BCUT2D eigenvalue weighted by Gasteiger charge is -2.07. The normalized spacial score (nSPS) is 10.8. The summed E-state index contributed by atoms with van der Waals surface area (Å²) in [5.41, 5.74) is 3.57. The van der Waals surface area contributed by atoms with E-state index in [4.69, 9.17) is 18.5 Å². The van der Waals surface area contributed by atoms with Gasteiger partial charge in [-0.1, -0.05) is 48.4 Å². The van der Waals surface area contributed by atoms with Crippen LogP contribution < -0.4 is 0 Å². The fourth-order valence-corrected chi connectivity index (χ4v) is 3.02. The number of rotatable bonds is 8. The van der Waals surface area contributed by atoms with Crippen LogP contribution in [0.4, 0.5) is 0 Å². The molecule has 0 radical (unpaired) electrons. The average Bonchev–Trinajstić information content (AvgIpc) is 3.32. The van der Waals surface area contributed by atoms with Crippen molar-refractivity contribution in [2.24, 2.45) is 0 Å². The molecule has 0 fully saturated rings. The Bertz CT molecular complexity index is 949. The van der Waals surface area contributed by atoms with Crippen LogP contribution in [0.3, 0.4) is 0 Å². The van der Waals surface area contributed by atoms with Gasteiger partial charge in [-0.15, -0.1) is 0 Å². The average molecular weight is 412 g/mol. The molecule has 3 rings (SSSR count). The molecule has 0 saturated heterocycles. The van der Waals surface area contributed by atoms with Crippen molar-refractivity contribution in [2.75, 3.05) is 0 Å². The number of ether oxygens (including phenoxy) is 2. The van der Waals surface area contributed by atoms with E-state index >= 15 is 0 Å². The second-order valence-electron chi connectivity index (χ2n) is 6.80. The van der Waals surface area contributed by atoms with Crippen molar-refractivity contribution in [2.45, 2.75) is 53.8 Å². The van der Waals surface area contributed by atoms with Crippen LogP contribution in [-0.2, 0) is 35.5 Å². The number of aryl methyl sites for hydroxylation is 4. The first-order valence-corrected chi connectivity index (χ1v) is 9.76. The highest BCUT2D eigenvalue weighted by Crippen LogP contribution is 2.18. The molecule has 8 nitrogen and oxygen atoms in total. The molecule has 3 aromatic rings. The second kappa shape index (κ2) is 9.39. The third-order valence-corrected chi connectivity index (χ3v) is 4.71. The predicted octanol–water partition coefficient (Wildman–Crippen LogP) is 4.12. The summed E-state index contributed by atoms with van der Waals surface area (Å²) < 4.78 is 20.9. The van der Waals surface area contributed by atoms with Crippen molar-refractivity contribution in [1.29, 1.82) is 0 Å². The van der Waals surface area contributed by atoms with E-state index < -0.39 is 11.9 Å². The standard InChI is InChI=1S/C22H24N2O6/c1-5-17-19(13(3)29-23-17)21(25)27-11-15-7-9-16(10-8-15)12-28-22(26)20-14(4)30-24-18(20)6-2/h7-10H,5-6,11-12H2,1-4H3.